The van der Waals surface area contributed by atoms with Crippen molar-refractivity contribution in [2.45, 2.75) is 26.4 Å². The van der Waals surface area contributed by atoms with Crippen LogP contribution in [0.15, 0.2) is 41.3 Å². The van der Waals surface area contributed by atoms with Crippen LogP contribution in [0, 0.1) is 11.3 Å². The Morgan fingerprint density at radius 1 is 1.17 bits per heavy atom. The number of nitriles is 1. The van der Waals surface area contributed by atoms with Gasteiger partial charge in [-0.15, -0.1) is 0 Å². The van der Waals surface area contributed by atoms with Crippen molar-refractivity contribution < 1.29 is 0 Å². The molecule has 1 N–H and O–H groups in total. The maximum Gasteiger partial charge on any atom is 0.328 e. The molecule has 152 valence electrons. The summed E-state index contributed by atoms with van der Waals surface area (Å²) in [5.74, 6) is 0.565. The molecular formula is C21H16Cl3N5O. The number of nitrogens with zero attached hydrogens (tertiary/aromatic N) is 4. The average Bonchev–Trinajstić information content (AvgIpc) is 3.24. The van der Waals surface area contributed by atoms with E-state index in [0.29, 0.717) is 50.5 Å². The summed E-state index contributed by atoms with van der Waals surface area (Å²) in [5, 5.41) is 10.8. The summed E-state index contributed by atoms with van der Waals surface area (Å²) in [6.07, 6.45) is 2.31. The fraction of sp³-hybridized carbons (Fsp3) is 0.190. The van der Waals surface area contributed by atoms with Crippen molar-refractivity contribution in [1.29, 1.82) is 5.26 Å². The van der Waals surface area contributed by atoms with Crippen LogP contribution >= 0.6 is 34.8 Å². The van der Waals surface area contributed by atoms with E-state index in [0.717, 1.165) is 11.3 Å². The van der Waals surface area contributed by atoms with E-state index in [1.807, 2.05) is 19.2 Å². The first kappa shape index (κ1) is 20.5. The predicted molar refractivity (Wildman–Crippen MR) is 119 cm³/mol. The number of nitrogens with one attached hydrogen (secondary N) is 1. The fourth-order valence-corrected chi connectivity index (χ4v) is 4.15. The summed E-state index contributed by atoms with van der Waals surface area (Å²) < 4.78 is 3.29. The number of hydrogen-bond acceptors (Lipinski definition) is 3. The van der Waals surface area contributed by atoms with Crippen molar-refractivity contribution >= 4 is 45.8 Å². The molecule has 0 atom stereocenters. The maximum absolute atomic E-state index is 12.9. The van der Waals surface area contributed by atoms with Gasteiger partial charge in [-0.1, -0.05) is 40.9 Å². The van der Waals surface area contributed by atoms with E-state index >= 15 is 0 Å². The molecule has 0 spiro atoms. The van der Waals surface area contributed by atoms with Gasteiger partial charge in [-0.25, -0.2) is 9.78 Å². The molecule has 0 saturated heterocycles. The van der Waals surface area contributed by atoms with Gasteiger partial charge >= 0.3 is 5.69 Å². The summed E-state index contributed by atoms with van der Waals surface area (Å²) in [6, 6.07) is 10.8. The summed E-state index contributed by atoms with van der Waals surface area (Å²) in [7, 11) is 0. The minimum Gasteiger partial charge on any atom is -0.340 e. The molecule has 0 aliphatic heterocycles. The molecule has 2 aromatic heterocycles. The molecule has 0 aliphatic rings. The third-order valence-corrected chi connectivity index (χ3v) is 5.82. The monoisotopic (exact) mass is 459 g/mol. The van der Waals surface area contributed by atoms with Crippen molar-refractivity contribution in [2.24, 2.45) is 0 Å². The highest BCUT2D eigenvalue weighted by atomic mass is 35.5. The van der Waals surface area contributed by atoms with Gasteiger partial charge in [0.05, 0.1) is 22.6 Å². The van der Waals surface area contributed by atoms with Crippen molar-refractivity contribution in [3.8, 4) is 6.07 Å². The summed E-state index contributed by atoms with van der Waals surface area (Å²) in [5.41, 5.74) is 3.09. The van der Waals surface area contributed by atoms with Crippen LogP contribution < -0.4 is 5.69 Å². The molecule has 0 bridgehead atoms. The first-order chi connectivity index (χ1) is 14.4. The molecule has 0 saturated carbocycles. The Bertz CT molecular complexity index is 1360. The Hall–Kier alpha value is -2.72. The Morgan fingerprint density at radius 2 is 1.97 bits per heavy atom. The standard InChI is InChI=1S/C21H16Cl3N5O/c1-2-29-14(7-12-3-4-13(22)8-17(12)24)10-28(21(29)30)11-19-26-18-6-5-16(23)15(9-25)20(18)27-19/h3-6,8,10H,2,7,11H2,1H3,(H,26,27). The van der Waals surface area contributed by atoms with E-state index in [1.54, 1.807) is 33.4 Å². The topological polar surface area (TPSA) is 79.4 Å². The van der Waals surface area contributed by atoms with Crippen LogP contribution in [0.3, 0.4) is 0 Å². The lowest BCUT2D eigenvalue weighted by Crippen LogP contribution is -2.25. The Morgan fingerprint density at radius 3 is 2.67 bits per heavy atom. The molecule has 30 heavy (non-hydrogen) atoms. The molecule has 4 aromatic rings. The molecule has 2 heterocycles. The fourth-order valence-electron chi connectivity index (χ4n) is 3.48. The van der Waals surface area contributed by atoms with Crippen LogP contribution in [-0.4, -0.2) is 19.1 Å². The third kappa shape index (κ3) is 3.72. The summed E-state index contributed by atoms with van der Waals surface area (Å²) in [6.45, 7) is 2.69. The first-order valence-corrected chi connectivity index (χ1v) is 10.3. The third-order valence-electron chi connectivity index (χ3n) is 4.92. The van der Waals surface area contributed by atoms with E-state index in [4.69, 9.17) is 34.8 Å². The lowest BCUT2D eigenvalue weighted by Gasteiger charge is -2.06. The first-order valence-electron chi connectivity index (χ1n) is 9.21. The zero-order valence-corrected chi connectivity index (χ0v) is 18.2. The van der Waals surface area contributed by atoms with Crippen LogP contribution in [0.4, 0.5) is 0 Å². The average molecular weight is 461 g/mol. The zero-order chi connectivity index (χ0) is 21.4. The van der Waals surface area contributed by atoms with Crippen molar-refractivity contribution in [3.05, 3.63) is 84.7 Å². The smallest absolute Gasteiger partial charge is 0.328 e. The Balaban J connectivity index is 1.70. The van der Waals surface area contributed by atoms with E-state index in [2.05, 4.69) is 16.0 Å². The molecule has 0 unspecified atom stereocenters. The molecule has 0 aliphatic carbocycles. The van der Waals surface area contributed by atoms with Gasteiger partial charge in [0.25, 0.3) is 0 Å². The molecule has 6 nitrogen and oxygen atoms in total. The van der Waals surface area contributed by atoms with Crippen LogP contribution in [-0.2, 0) is 19.5 Å². The molecule has 4 rings (SSSR count). The number of imidazole rings is 2. The normalized spacial score (nSPS) is 11.2. The molecule has 2 aromatic carbocycles. The van der Waals surface area contributed by atoms with E-state index < -0.39 is 0 Å². The molecule has 0 fully saturated rings. The number of halogens is 3. The second kappa shape index (κ2) is 8.19. The number of hydrogen-bond donors (Lipinski definition) is 1. The quantitative estimate of drug-likeness (QED) is 0.454. The van der Waals surface area contributed by atoms with Crippen molar-refractivity contribution in [1.82, 2.24) is 19.1 Å². The van der Waals surface area contributed by atoms with Crippen LogP contribution in [0.5, 0.6) is 0 Å². The van der Waals surface area contributed by atoms with Crippen LogP contribution in [0.1, 0.15) is 29.6 Å². The van der Waals surface area contributed by atoms with Gasteiger partial charge in [-0.3, -0.25) is 9.13 Å². The molecule has 0 amide bonds. The van der Waals surface area contributed by atoms with E-state index in [-0.39, 0.29) is 12.2 Å². The predicted octanol–water partition coefficient (Wildman–Crippen LogP) is 5.02. The van der Waals surface area contributed by atoms with Gasteiger partial charge in [-0.05, 0) is 36.8 Å². The lowest BCUT2D eigenvalue weighted by atomic mass is 10.1. The number of benzene rings is 2. The maximum atomic E-state index is 12.9. The van der Waals surface area contributed by atoms with Crippen LogP contribution in [0.2, 0.25) is 15.1 Å². The summed E-state index contributed by atoms with van der Waals surface area (Å²) >= 11 is 18.4. The minimum atomic E-state index is -0.142. The van der Waals surface area contributed by atoms with Gasteiger partial charge in [0.2, 0.25) is 0 Å². The summed E-state index contributed by atoms with van der Waals surface area (Å²) in [4.78, 5) is 20.5. The van der Waals surface area contributed by atoms with E-state index in [9.17, 15) is 10.1 Å². The minimum absolute atomic E-state index is 0.142. The largest absolute Gasteiger partial charge is 0.340 e. The highest BCUT2D eigenvalue weighted by molar-refractivity contribution is 6.35. The number of aromatic amines is 1. The Labute approximate surface area is 187 Å². The van der Waals surface area contributed by atoms with Crippen molar-refractivity contribution in [3.63, 3.8) is 0 Å². The number of fused-ring (bicyclic) bond motifs is 1. The number of rotatable bonds is 5. The highest BCUT2D eigenvalue weighted by Crippen LogP contribution is 2.25. The second-order valence-electron chi connectivity index (χ2n) is 6.80. The van der Waals surface area contributed by atoms with Gasteiger partial charge in [0.1, 0.15) is 17.4 Å². The highest BCUT2D eigenvalue weighted by Gasteiger charge is 2.15. The number of H-pyrrole nitrogens is 1. The van der Waals surface area contributed by atoms with Crippen molar-refractivity contribution in [2.75, 3.05) is 0 Å². The molecule has 9 heteroatoms. The Kier molecular flexibility index (Phi) is 5.61. The SMILES string of the molecule is CCn1c(Cc2ccc(Cl)cc2Cl)cn(Cc2nc3c(C#N)c(Cl)ccc3[nH]2)c1=O. The van der Waals surface area contributed by atoms with Gasteiger partial charge < -0.3 is 4.98 Å². The molecular weight excluding hydrogens is 445 g/mol. The van der Waals surface area contributed by atoms with Gasteiger partial charge in [0, 0.05) is 34.9 Å². The lowest BCUT2D eigenvalue weighted by molar-refractivity contribution is 0.646. The molecule has 0 radical (unpaired) electrons. The number of aromatic nitrogens is 4. The van der Waals surface area contributed by atoms with E-state index in [1.165, 1.54) is 0 Å². The zero-order valence-electron chi connectivity index (χ0n) is 15.9. The van der Waals surface area contributed by atoms with Crippen LogP contribution in [0.25, 0.3) is 11.0 Å². The van der Waals surface area contributed by atoms with Gasteiger partial charge in [0.15, 0.2) is 0 Å². The van der Waals surface area contributed by atoms with Gasteiger partial charge in [-0.2, -0.15) is 5.26 Å². The second-order valence-corrected chi connectivity index (χ2v) is 8.05.